The lowest BCUT2D eigenvalue weighted by molar-refractivity contribution is -0.305. The molecule has 1 aliphatic rings. The molecule has 8 unspecified atom stereocenters. The smallest absolute Gasteiger partial charge is 0.306 e. The van der Waals surface area contributed by atoms with Crippen LogP contribution in [-0.4, -0.2) is 99.6 Å². The van der Waals surface area contributed by atoms with Crippen LogP contribution in [0.2, 0.25) is 0 Å². The van der Waals surface area contributed by atoms with Crippen molar-refractivity contribution in [2.45, 2.75) is 339 Å². The molecular weight excluding hydrogens is 1000 g/mol. The first kappa shape index (κ1) is 75.1. The number of carbonyl (C=O) groups excluding carboxylic acids is 2. The third-order valence-electron chi connectivity index (χ3n) is 15.3. The monoisotopic (exact) mass is 1130 g/mol. The predicted molar refractivity (Wildman–Crippen MR) is 333 cm³/mol. The maximum Gasteiger partial charge on any atom is 0.306 e. The van der Waals surface area contributed by atoms with Crippen LogP contribution in [0.5, 0.6) is 0 Å². The summed E-state index contributed by atoms with van der Waals surface area (Å²) in [5, 5.41) is 57.0. The molecule has 0 spiro atoms. The van der Waals surface area contributed by atoms with E-state index in [-0.39, 0.29) is 19.4 Å². The number of hydrogen-bond donors (Lipinski definition) is 6. The molecule has 0 aliphatic carbocycles. The Kier molecular flexibility index (Phi) is 53.1. The van der Waals surface area contributed by atoms with Crippen LogP contribution in [0.3, 0.4) is 0 Å². The summed E-state index contributed by atoms with van der Waals surface area (Å²) in [7, 11) is 0. The van der Waals surface area contributed by atoms with Crippen molar-refractivity contribution in [1.82, 2.24) is 5.32 Å². The average molecular weight is 1130 g/mol. The van der Waals surface area contributed by atoms with Crippen LogP contribution < -0.4 is 5.32 Å². The first-order valence-corrected chi connectivity index (χ1v) is 33.2. The molecule has 0 aromatic carbocycles. The van der Waals surface area contributed by atoms with Crippen molar-refractivity contribution >= 4 is 11.9 Å². The molecule has 0 aromatic heterocycles. The van der Waals surface area contributed by atoms with Gasteiger partial charge in [0.25, 0.3) is 0 Å². The zero-order chi connectivity index (χ0) is 58.2. The number of unbranched alkanes of at least 4 members (excludes halogenated alkanes) is 32. The normalized spacial score (nSPS) is 19.2. The third kappa shape index (κ3) is 43.7. The largest absolute Gasteiger partial charge is 0.454 e. The van der Waals surface area contributed by atoms with Crippen LogP contribution in [-0.2, 0) is 23.8 Å². The summed E-state index contributed by atoms with van der Waals surface area (Å²) in [5.41, 5.74) is 0. The minimum atomic E-state index is -1.62. The van der Waals surface area contributed by atoms with Gasteiger partial charge in [-0.15, -0.1) is 0 Å². The maximum absolute atomic E-state index is 13.4. The summed E-state index contributed by atoms with van der Waals surface area (Å²) in [5.74, 6) is -1.21. The number of carbonyl (C=O) groups is 2. The predicted octanol–water partition coefficient (Wildman–Crippen LogP) is 16.3. The highest BCUT2D eigenvalue weighted by Gasteiger charge is 2.47. The van der Waals surface area contributed by atoms with E-state index < -0.39 is 67.4 Å². The molecule has 1 aliphatic heterocycles. The molecule has 1 amide bonds. The van der Waals surface area contributed by atoms with E-state index in [4.69, 9.17) is 14.2 Å². The van der Waals surface area contributed by atoms with Crippen LogP contribution in [0.4, 0.5) is 0 Å². The number of aliphatic hydroxyl groups excluding tert-OH is 5. The minimum Gasteiger partial charge on any atom is -0.454 e. The number of ether oxygens (including phenoxy) is 3. The molecule has 1 saturated heterocycles. The summed E-state index contributed by atoms with van der Waals surface area (Å²) < 4.78 is 17.6. The first-order chi connectivity index (χ1) is 39.2. The van der Waals surface area contributed by atoms with Gasteiger partial charge in [-0.05, 0) is 89.9 Å². The van der Waals surface area contributed by atoms with Crippen molar-refractivity contribution in [3.05, 3.63) is 72.9 Å². The highest BCUT2D eigenvalue weighted by atomic mass is 16.7. The Morgan fingerprint density at radius 1 is 0.500 bits per heavy atom. The highest BCUT2D eigenvalue weighted by Crippen LogP contribution is 2.26. The van der Waals surface area contributed by atoms with E-state index in [0.717, 1.165) is 89.9 Å². The van der Waals surface area contributed by atoms with E-state index >= 15 is 0 Å². The molecule has 8 atom stereocenters. The number of hydrogen-bond acceptors (Lipinski definition) is 10. The second kappa shape index (κ2) is 56.6. The standard InChI is InChI=1S/C69H123NO10/c1-4-7-10-13-16-19-22-24-26-27-28-29-30-31-32-33-34-35-36-37-38-41-44-47-50-53-56-62(73)68(77)70-60(61(72)55-52-49-46-43-40-21-18-15-12-9-6-3)59-78-69-67(66(76)65(75)63(58-71)79-69)80-64(74)57-54-51-48-45-42-39-25-23-20-17-14-11-8-5-2/h8,11,16-17,19-20,24-26,39,52,55,60-63,65-67,69,71-73,75-76H,4-7,9-10,12-15,18,21-23,27-38,40-51,53-54,56-59H2,1-3H3,(H,70,77)/b11-8+,19-16-,20-17+,26-24-,39-25+,55-52+. The Labute approximate surface area is 490 Å². The minimum absolute atomic E-state index is 0.0965. The van der Waals surface area contributed by atoms with Crippen LogP contribution in [0, 0.1) is 0 Å². The summed E-state index contributed by atoms with van der Waals surface area (Å²) in [6.45, 7) is 5.64. The second-order valence-corrected chi connectivity index (χ2v) is 22.8. The topological polar surface area (TPSA) is 175 Å². The SMILES string of the molecule is CC/C=C/C/C=C/C/C=C/CCCCCCC(=O)OC1C(OCC(NC(=O)C(O)CCCCCCCCCCCCCCCCCC/C=C\C/C=C\CCCCC)C(O)/C=C/CCCCCCCCCCC)OC(CO)C(O)C1O. The number of nitrogens with one attached hydrogen (secondary N) is 1. The molecule has 11 heteroatoms. The molecule has 1 rings (SSSR count). The number of aliphatic hydroxyl groups is 5. The van der Waals surface area contributed by atoms with Gasteiger partial charge in [0.15, 0.2) is 12.4 Å². The summed E-state index contributed by atoms with van der Waals surface area (Å²) >= 11 is 0. The lowest BCUT2D eigenvalue weighted by Crippen LogP contribution is -2.61. The molecule has 0 radical (unpaired) electrons. The van der Waals surface area contributed by atoms with E-state index in [1.165, 1.54) is 154 Å². The van der Waals surface area contributed by atoms with Crippen LogP contribution >= 0.6 is 0 Å². The second-order valence-electron chi connectivity index (χ2n) is 22.8. The maximum atomic E-state index is 13.4. The fraction of sp³-hybridized carbons (Fsp3) is 0.797. The van der Waals surface area contributed by atoms with Crippen molar-refractivity contribution in [3.63, 3.8) is 0 Å². The van der Waals surface area contributed by atoms with E-state index in [2.05, 4.69) is 86.8 Å². The van der Waals surface area contributed by atoms with Gasteiger partial charge < -0.3 is 45.1 Å². The van der Waals surface area contributed by atoms with E-state index in [1.807, 2.05) is 6.08 Å². The van der Waals surface area contributed by atoms with E-state index in [9.17, 15) is 35.1 Å². The van der Waals surface area contributed by atoms with Crippen molar-refractivity contribution in [3.8, 4) is 0 Å². The van der Waals surface area contributed by atoms with E-state index in [1.54, 1.807) is 6.08 Å². The average Bonchev–Trinajstić information content (AvgIpc) is 3.46. The van der Waals surface area contributed by atoms with E-state index in [0.29, 0.717) is 12.8 Å². The number of amides is 1. The van der Waals surface area contributed by atoms with Gasteiger partial charge in [0.05, 0.1) is 25.4 Å². The molecule has 6 N–H and O–H groups in total. The van der Waals surface area contributed by atoms with Crippen molar-refractivity contribution in [2.75, 3.05) is 13.2 Å². The lowest BCUT2D eigenvalue weighted by atomic mass is 9.99. The molecule has 80 heavy (non-hydrogen) atoms. The van der Waals surface area contributed by atoms with Gasteiger partial charge in [0, 0.05) is 6.42 Å². The van der Waals surface area contributed by atoms with Gasteiger partial charge in [-0.3, -0.25) is 9.59 Å². The Bertz CT molecular complexity index is 1580. The van der Waals surface area contributed by atoms with Gasteiger partial charge in [-0.1, -0.05) is 267 Å². The summed E-state index contributed by atoms with van der Waals surface area (Å²) in [6, 6.07) is -1.03. The van der Waals surface area contributed by atoms with Crippen molar-refractivity contribution < 1.29 is 49.3 Å². The molecule has 1 heterocycles. The lowest BCUT2D eigenvalue weighted by Gasteiger charge is -2.41. The zero-order valence-corrected chi connectivity index (χ0v) is 51.4. The molecule has 0 saturated carbocycles. The molecular formula is C69H123NO10. The Hall–Kier alpha value is -2.90. The van der Waals surface area contributed by atoms with Gasteiger partial charge in [0.1, 0.15) is 24.4 Å². The number of esters is 1. The number of allylic oxidation sites excluding steroid dienone is 11. The Balaban J connectivity index is 2.56. The number of rotatable bonds is 56. The van der Waals surface area contributed by atoms with Gasteiger partial charge in [0.2, 0.25) is 5.91 Å². The van der Waals surface area contributed by atoms with Crippen molar-refractivity contribution in [1.29, 1.82) is 0 Å². The Morgan fingerprint density at radius 3 is 1.38 bits per heavy atom. The van der Waals surface area contributed by atoms with Crippen molar-refractivity contribution in [2.24, 2.45) is 0 Å². The van der Waals surface area contributed by atoms with Crippen LogP contribution in [0.25, 0.3) is 0 Å². The van der Waals surface area contributed by atoms with Gasteiger partial charge in [-0.2, -0.15) is 0 Å². The third-order valence-corrected chi connectivity index (χ3v) is 15.3. The summed E-state index contributed by atoms with van der Waals surface area (Å²) in [4.78, 5) is 26.5. The van der Waals surface area contributed by atoms with Gasteiger partial charge >= 0.3 is 5.97 Å². The fourth-order valence-corrected chi connectivity index (χ4v) is 10.1. The van der Waals surface area contributed by atoms with Gasteiger partial charge in [-0.25, -0.2) is 0 Å². The molecule has 11 nitrogen and oxygen atoms in total. The van der Waals surface area contributed by atoms with Crippen LogP contribution in [0.15, 0.2) is 72.9 Å². The molecule has 0 aromatic rings. The fourth-order valence-electron chi connectivity index (χ4n) is 10.1. The zero-order valence-electron chi connectivity index (χ0n) is 51.4. The molecule has 464 valence electrons. The summed E-state index contributed by atoms with van der Waals surface area (Å²) in [6.07, 6.45) is 62.4. The quantitative estimate of drug-likeness (QED) is 0.0195. The highest BCUT2D eigenvalue weighted by molar-refractivity contribution is 5.80. The molecule has 1 fully saturated rings. The first-order valence-electron chi connectivity index (χ1n) is 33.2. The Morgan fingerprint density at radius 2 is 0.900 bits per heavy atom. The van der Waals surface area contributed by atoms with Crippen LogP contribution in [0.1, 0.15) is 290 Å². The molecule has 0 bridgehead atoms.